The number of carbonyl (C=O) groups is 1. The van der Waals surface area contributed by atoms with Gasteiger partial charge in [0.25, 0.3) is 0 Å². The minimum Gasteiger partial charge on any atom is -0.372 e. The third-order valence-corrected chi connectivity index (χ3v) is 5.00. The molecule has 1 saturated heterocycles. The Bertz CT molecular complexity index is 663. The highest BCUT2D eigenvalue weighted by molar-refractivity contribution is 7.12. The van der Waals surface area contributed by atoms with Gasteiger partial charge in [0.05, 0.1) is 0 Å². The van der Waals surface area contributed by atoms with Gasteiger partial charge in [-0.3, -0.25) is 4.79 Å². The Morgan fingerprint density at radius 2 is 1.77 bits per heavy atom. The van der Waals surface area contributed by atoms with E-state index >= 15 is 0 Å². The second-order valence-corrected chi connectivity index (χ2v) is 7.06. The highest BCUT2D eigenvalue weighted by atomic mass is 32.1. The predicted octanol–water partition coefficient (Wildman–Crippen LogP) is 4.94. The highest BCUT2D eigenvalue weighted by Gasteiger charge is 2.11. The normalized spacial score (nSPS) is 15.4. The van der Waals surface area contributed by atoms with Gasteiger partial charge < -0.3 is 4.90 Å². The molecule has 1 aliphatic heterocycles. The molecule has 2 nitrogen and oxygen atoms in total. The summed E-state index contributed by atoms with van der Waals surface area (Å²) in [4.78, 5) is 17.0. The lowest BCUT2D eigenvalue weighted by Gasteiger charge is -2.28. The molecule has 2 heterocycles. The minimum atomic E-state index is 0.0660. The minimum absolute atomic E-state index is 0.0660. The lowest BCUT2D eigenvalue weighted by Crippen LogP contribution is -2.29. The number of anilines is 1. The van der Waals surface area contributed by atoms with E-state index in [9.17, 15) is 4.79 Å². The maximum atomic E-state index is 12.2. The summed E-state index contributed by atoms with van der Waals surface area (Å²) in [7, 11) is 0. The van der Waals surface area contributed by atoms with Gasteiger partial charge in [-0.2, -0.15) is 0 Å². The molecule has 0 unspecified atom stereocenters. The van der Waals surface area contributed by atoms with Crippen molar-refractivity contribution in [3.63, 3.8) is 0 Å². The first kappa shape index (κ1) is 15.0. The van der Waals surface area contributed by atoms with Crippen molar-refractivity contribution in [2.45, 2.75) is 26.2 Å². The molecule has 0 atom stereocenters. The van der Waals surface area contributed by atoms with Gasteiger partial charge in [-0.05, 0) is 74.7 Å². The Kier molecular flexibility index (Phi) is 4.74. The summed E-state index contributed by atoms with van der Waals surface area (Å²) >= 11 is 1.70. The zero-order chi connectivity index (χ0) is 15.4. The molecule has 0 radical (unpaired) electrons. The molecular formula is C19H21NOS. The summed E-state index contributed by atoms with van der Waals surface area (Å²) in [6, 6.07) is 12.1. The molecule has 0 amide bonds. The van der Waals surface area contributed by atoms with Crippen molar-refractivity contribution in [3.05, 3.63) is 57.8 Å². The Labute approximate surface area is 136 Å². The SMILES string of the molecule is Cc1ccc(/C=C/C(=O)c2ccc(N3CCCCC3)cc2)s1. The van der Waals surface area contributed by atoms with Crippen LogP contribution in [0.3, 0.4) is 0 Å². The zero-order valence-corrected chi connectivity index (χ0v) is 13.7. The summed E-state index contributed by atoms with van der Waals surface area (Å²) < 4.78 is 0. The maximum Gasteiger partial charge on any atom is 0.185 e. The largest absolute Gasteiger partial charge is 0.372 e. The van der Waals surface area contributed by atoms with E-state index in [0.29, 0.717) is 0 Å². The predicted molar refractivity (Wildman–Crippen MR) is 94.9 cm³/mol. The second-order valence-electron chi connectivity index (χ2n) is 5.74. The number of piperidine rings is 1. The first-order valence-electron chi connectivity index (χ1n) is 7.86. The second kappa shape index (κ2) is 6.93. The molecule has 0 aliphatic carbocycles. The quantitative estimate of drug-likeness (QED) is 0.588. The van der Waals surface area contributed by atoms with Crippen molar-refractivity contribution < 1.29 is 4.79 Å². The smallest absolute Gasteiger partial charge is 0.185 e. The standard InChI is InChI=1S/C19H21NOS/c1-15-5-10-18(22-15)11-12-19(21)16-6-8-17(9-7-16)20-13-3-2-4-14-20/h5-12H,2-4,13-14H2,1H3/b12-11+. The van der Waals surface area contributed by atoms with E-state index in [0.717, 1.165) is 23.5 Å². The van der Waals surface area contributed by atoms with Crippen molar-refractivity contribution in [2.24, 2.45) is 0 Å². The van der Waals surface area contributed by atoms with Crippen molar-refractivity contribution in [2.75, 3.05) is 18.0 Å². The average molecular weight is 311 g/mol. The number of ketones is 1. The fourth-order valence-corrected chi connectivity index (χ4v) is 3.57. The molecule has 0 N–H and O–H groups in total. The van der Waals surface area contributed by atoms with Crippen LogP contribution in [0.15, 0.2) is 42.5 Å². The lowest BCUT2D eigenvalue weighted by atomic mass is 10.1. The van der Waals surface area contributed by atoms with Crippen LogP contribution in [0, 0.1) is 6.92 Å². The van der Waals surface area contributed by atoms with Crippen LogP contribution >= 0.6 is 11.3 Å². The van der Waals surface area contributed by atoms with E-state index in [4.69, 9.17) is 0 Å². The van der Waals surface area contributed by atoms with Gasteiger partial charge in [-0.15, -0.1) is 11.3 Å². The summed E-state index contributed by atoms with van der Waals surface area (Å²) in [5.74, 6) is 0.0660. The van der Waals surface area contributed by atoms with Crippen LogP contribution < -0.4 is 4.90 Å². The molecule has 1 fully saturated rings. The number of nitrogens with zero attached hydrogens (tertiary/aromatic N) is 1. The van der Waals surface area contributed by atoms with E-state index in [2.05, 4.69) is 30.0 Å². The van der Waals surface area contributed by atoms with Crippen LogP contribution in [-0.4, -0.2) is 18.9 Å². The first-order chi connectivity index (χ1) is 10.7. The first-order valence-corrected chi connectivity index (χ1v) is 8.68. The van der Waals surface area contributed by atoms with Crippen LogP contribution in [0.1, 0.15) is 39.4 Å². The highest BCUT2D eigenvalue weighted by Crippen LogP contribution is 2.21. The van der Waals surface area contributed by atoms with E-state index in [1.807, 2.05) is 24.3 Å². The Hall–Kier alpha value is -1.87. The van der Waals surface area contributed by atoms with Crippen LogP contribution in [0.2, 0.25) is 0 Å². The molecule has 1 aromatic carbocycles. The lowest BCUT2D eigenvalue weighted by molar-refractivity contribution is 0.104. The maximum absolute atomic E-state index is 12.2. The molecule has 3 rings (SSSR count). The fourth-order valence-electron chi connectivity index (χ4n) is 2.79. The Morgan fingerprint density at radius 3 is 2.41 bits per heavy atom. The number of hydrogen-bond donors (Lipinski definition) is 0. The van der Waals surface area contributed by atoms with Crippen molar-refractivity contribution >= 4 is 28.9 Å². The van der Waals surface area contributed by atoms with Gasteiger partial charge in [0.2, 0.25) is 0 Å². The Morgan fingerprint density at radius 1 is 1.05 bits per heavy atom. The van der Waals surface area contributed by atoms with E-state index in [1.54, 1.807) is 17.4 Å². The molecule has 0 spiro atoms. The zero-order valence-electron chi connectivity index (χ0n) is 12.9. The van der Waals surface area contributed by atoms with Crippen LogP contribution in [0.4, 0.5) is 5.69 Å². The monoisotopic (exact) mass is 311 g/mol. The summed E-state index contributed by atoms with van der Waals surface area (Å²) in [5, 5.41) is 0. The van der Waals surface area contributed by atoms with Crippen LogP contribution in [-0.2, 0) is 0 Å². The van der Waals surface area contributed by atoms with Crippen molar-refractivity contribution in [1.29, 1.82) is 0 Å². The molecule has 1 aliphatic rings. The molecule has 22 heavy (non-hydrogen) atoms. The third-order valence-electron chi connectivity index (χ3n) is 4.03. The number of hydrogen-bond acceptors (Lipinski definition) is 3. The van der Waals surface area contributed by atoms with Crippen molar-refractivity contribution in [1.82, 2.24) is 0 Å². The number of carbonyl (C=O) groups excluding carboxylic acids is 1. The van der Waals surface area contributed by atoms with Gasteiger partial charge in [-0.1, -0.05) is 0 Å². The summed E-state index contributed by atoms with van der Waals surface area (Å²) in [5.41, 5.74) is 1.99. The average Bonchev–Trinajstić information content (AvgIpc) is 2.99. The number of rotatable bonds is 4. The van der Waals surface area contributed by atoms with Gasteiger partial charge in [0.1, 0.15) is 0 Å². The molecule has 0 bridgehead atoms. The van der Waals surface area contributed by atoms with Gasteiger partial charge in [-0.25, -0.2) is 0 Å². The van der Waals surface area contributed by atoms with Gasteiger partial charge in [0, 0.05) is 34.1 Å². The Balaban J connectivity index is 1.66. The molecule has 0 saturated carbocycles. The van der Waals surface area contributed by atoms with Crippen LogP contribution in [0.25, 0.3) is 6.08 Å². The fraction of sp³-hybridized carbons (Fsp3) is 0.316. The van der Waals surface area contributed by atoms with Gasteiger partial charge >= 0.3 is 0 Å². The molecule has 2 aromatic rings. The number of aryl methyl sites for hydroxylation is 1. The third kappa shape index (κ3) is 3.66. The molecular weight excluding hydrogens is 290 g/mol. The number of allylic oxidation sites excluding steroid dienone is 1. The topological polar surface area (TPSA) is 20.3 Å². The van der Waals surface area contributed by atoms with E-state index in [-0.39, 0.29) is 5.78 Å². The molecule has 3 heteroatoms. The number of thiophene rings is 1. The molecule has 1 aromatic heterocycles. The van der Waals surface area contributed by atoms with E-state index in [1.165, 1.54) is 29.8 Å². The number of benzene rings is 1. The summed E-state index contributed by atoms with van der Waals surface area (Å²) in [6.07, 6.45) is 7.44. The molecule has 114 valence electrons. The van der Waals surface area contributed by atoms with Crippen LogP contribution in [0.5, 0.6) is 0 Å². The van der Waals surface area contributed by atoms with E-state index < -0.39 is 0 Å². The van der Waals surface area contributed by atoms with Gasteiger partial charge in [0.15, 0.2) is 5.78 Å². The van der Waals surface area contributed by atoms with Crippen molar-refractivity contribution in [3.8, 4) is 0 Å². The summed E-state index contributed by atoms with van der Waals surface area (Å²) in [6.45, 7) is 4.33.